The van der Waals surface area contributed by atoms with Crippen molar-refractivity contribution in [2.75, 3.05) is 38.2 Å². The number of carboxylic acids is 1. The lowest BCUT2D eigenvalue weighted by Gasteiger charge is -2.29. The molecule has 240 valence electrons. The van der Waals surface area contributed by atoms with Gasteiger partial charge in [-0.2, -0.15) is 30.7 Å². The number of aryl methyl sites for hydroxylation is 3. The molecule has 0 saturated carbocycles. The van der Waals surface area contributed by atoms with Gasteiger partial charge in [-0.1, -0.05) is 29.8 Å². The molecule has 2 N–H and O–H groups in total. The smallest absolute Gasteiger partial charge is 0.462 e. The summed E-state index contributed by atoms with van der Waals surface area (Å²) in [5, 5.41) is 11.8. The number of nitrogens with zero attached hydrogens (tertiary/aromatic N) is 1. The lowest BCUT2D eigenvalue weighted by molar-refractivity contribution is -0.423. The Labute approximate surface area is 243 Å². The molecule has 8 nitrogen and oxygen atoms in total. The van der Waals surface area contributed by atoms with Gasteiger partial charge in [-0.15, -0.1) is 0 Å². The number of hydrogen-bond acceptors (Lipinski definition) is 5. The van der Waals surface area contributed by atoms with Crippen molar-refractivity contribution in [2.24, 2.45) is 0 Å². The molecule has 2 amide bonds. The fourth-order valence-corrected chi connectivity index (χ4v) is 4.05. The largest absolute Gasteiger partial charge is 0.492 e. The first-order valence-corrected chi connectivity index (χ1v) is 13.1. The second-order valence-corrected chi connectivity index (χ2v) is 9.61. The van der Waals surface area contributed by atoms with E-state index in [9.17, 15) is 45.4 Å². The number of aliphatic carboxylic acids is 1. The predicted molar refractivity (Wildman–Crippen MR) is 142 cm³/mol. The highest BCUT2D eigenvalue weighted by atomic mass is 19.4. The molecule has 15 heteroatoms. The van der Waals surface area contributed by atoms with Crippen molar-refractivity contribution in [3.8, 4) is 5.75 Å². The summed E-state index contributed by atoms with van der Waals surface area (Å²) < 4.78 is 105. The third-order valence-electron chi connectivity index (χ3n) is 6.18. The summed E-state index contributed by atoms with van der Waals surface area (Å²) in [4.78, 5) is 25.2. The molecule has 0 aliphatic rings. The van der Waals surface area contributed by atoms with Gasteiger partial charge in [-0.25, -0.2) is 9.59 Å². The summed E-state index contributed by atoms with van der Waals surface area (Å²) in [6, 6.07) is 8.91. The Morgan fingerprint density at radius 3 is 2.00 bits per heavy atom. The van der Waals surface area contributed by atoms with Gasteiger partial charge in [0, 0.05) is 25.3 Å². The number of urea groups is 1. The Bertz CT molecular complexity index is 1220. The van der Waals surface area contributed by atoms with Crippen molar-refractivity contribution in [2.45, 2.75) is 58.4 Å². The molecule has 2 rings (SSSR count). The Hall–Kier alpha value is -3.59. The van der Waals surface area contributed by atoms with E-state index in [4.69, 9.17) is 9.47 Å². The van der Waals surface area contributed by atoms with Gasteiger partial charge in [0.2, 0.25) is 0 Å². The minimum absolute atomic E-state index is 0.0905. The van der Waals surface area contributed by atoms with Gasteiger partial charge >= 0.3 is 30.2 Å². The number of amides is 2. The van der Waals surface area contributed by atoms with Gasteiger partial charge in [0.05, 0.1) is 13.2 Å². The van der Waals surface area contributed by atoms with Crippen LogP contribution in [-0.2, 0) is 20.7 Å². The van der Waals surface area contributed by atoms with Crippen molar-refractivity contribution in [1.29, 1.82) is 0 Å². The van der Waals surface area contributed by atoms with Crippen LogP contribution in [0.2, 0.25) is 0 Å². The topological polar surface area (TPSA) is 97.3 Å². The second kappa shape index (κ2) is 14.7. The van der Waals surface area contributed by atoms with Crippen molar-refractivity contribution in [3.05, 3.63) is 58.7 Å². The molecule has 1 unspecified atom stereocenters. The zero-order valence-corrected chi connectivity index (χ0v) is 23.9. The number of carbonyl (C=O) groups is 2. The monoisotopic (exact) mass is 626 g/mol. The molecule has 2 aromatic carbocycles. The van der Waals surface area contributed by atoms with Gasteiger partial charge < -0.3 is 29.5 Å². The molecule has 0 aliphatic carbocycles. The number of carbonyl (C=O) groups excluding carboxylic acids is 1. The number of alkyl halides is 7. The molecule has 0 aliphatic heterocycles. The maximum Gasteiger partial charge on any atom is 0.462 e. The Morgan fingerprint density at radius 2 is 1.49 bits per heavy atom. The van der Waals surface area contributed by atoms with Crippen LogP contribution >= 0.6 is 0 Å². The highest BCUT2D eigenvalue weighted by molar-refractivity contribution is 5.91. The Balaban J connectivity index is 2.12. The van der Waals surface area contributed by atoms with Crippen LogP contribution in [0.5, 0.6) is 5.75 Å². The molecule has 0 spiro atoms. The lowest BCUT2D eigenvalue weighted by Crippen LogP contribution is -2.54. The third kappa shape index (κ3) is 9.71. The molecule has 2 aromatic rings. The SMILES string of the molecule is CCOC(Cc1ccc(OCCN(CCOC(F)(F)C(F)(F)C(F)(F)F)C(=O)Nc2c(C)cc(C)cc2C)cc1)C(=O)O. The normalized spacial score (nSPS) is 13.0. The first-order chi connectivity index (χ1) is 19.9. The van der Waals surface area contributed by atoms with Crippen LogP contribution in [0.3, 0.4) is 0 Å². The van der Waals surface area contributed by atoms with E-state index >= 15 is 0 Å². The summed E-state index contributed by atoms with van der Waals surface area (Å²) in [5.74, 6) is -7.28. The van der Waals surface area contributed by atoms with Crippen molar-refractivity contribution >= 4 is 17.7 Å². The Morgan fingerprint density at radius 1 is 0.930 bits per heavy atom. The number of hydrogen-bond donors (Lipinski definition) is 2. The molecule has 0 bridgehead atoms. The summed E-state index contributed by atoms with van der Waals surface area (Å²) in [6.45, 7) is 4.46. The minimum atomic E-state index is -6.56. The molecule has 0 radical (unpaired) electrons. The fraction of sp³-hybridized carbons (Fsp3) is 0.500. The number of benzene rings is 2. The summed E-state index contributed by atoms with van der Waals surface area (Å²) >= 11 is 0. The standard InChI is InChI=1S/C28H33F7N2O6/c1-5-41-22(24(38)39)16-20-6-8-21(9-7-20)42-12-10-37(11-13-43-28(34,35)26(29,30)27(31,32)33)25(40)36-23-18(3)14-17(2)15-19(23)4/h6-9,14-15,22H,5,10-13,16H2,1-4H3,(H,36,40)(H,38,39). The second-order valence-electron chi connectivity index (χ2n) is 9.61. The van der Waals surface area contributed by atoms with E-state index < -0.39 is 49.5 Å². The fourth-order valence-electron chi connectivity index (χ4n) is 4.05. The molecular weight excluding hydrogens is 593 g/mol. The number of rotatable bonds is 15. The number of anilines is 1. The minimum Gasteiger partial charge on any atom is -0.492 e. The molecule has 43 heavy (non-hydrogen) atoms. The molecule has 1 atom stereocenters. The number of carboxylic acid groups (broad SMARTS) is 1. The van der Waals surface area contributed by atoms with Crippen LogP contribution in [-0.4, -0.2) is 79.2 Å². The number of nitrogens with one attached hydrogen (secondary N) is 1. The van der Waals surface area contributed by atoms with Crippen molar-refractivity contribution < 1.29 is 59.6 Å². The zero-order chi connectivity index (χ0) is 32.6. The summed E-state index contributed by atoms with van der Waals surface area (Å²) in [5.41, 5.74) is 3.28. The average Bonchev–Trinajstić information content (AvgIpc) is 2.89. The van der Waals surface area contributed by atoms with E-state index in [-0.39, 0.29) is 26.2 Å². The van der Waals surface area contributed by atoms with Gasteiger partial charge in [-0.05, 0) is 56.5 Å². The van der Waals surface area contributed by atoms with E-state index in [2.05, 4.69) is 10.1 Å². The summed E-state index contributed by atoms with van der Waals surface area (Å²) in [7, 11) is 0. The van der Waals surface area contributed by atoms with E-state index in [1.807, 2.05) is 6.92 Å². The van der Waals surface area contributed by atoms with Crippen molar-refractivity contribution in [1.82, 2.24) is 4.90 Å². The number of halogens is 7. The van der Waals surface area contributed by atoms with E-state index in [1.165, 1.54) is 12.1 Å². The van der Waals surface area contributed by atoms with Gasteiger partial charge in [-0.3, -0.25) is 0 Å². The van der Waals surface area contributed by atoms with Crippen LogP contribution in [0.4, 0.5) is 41.2 Å². The first kappa shape index (κ1) is 35.6. The molecule has 0 aromatic heterocycles. The van der Waals surface area contributed by atoms with Crippen LogP contribution < -0.4 is 10.1 Å². The average molecular weight is 627 g/mol. The highest BCUT2D eigenvalue weighted by Crippen LogP contribution is 2.46. The quantitative estimate of drug-likeness (QED) is 0.223. The van der Waals surface area contributed by atoms with Crippen LogP contribution in [0.25, 0.3) is 0 Å². The molecule has 0 saturated heterocycles. The maximum absolute atomic E-state index is 13.6. The number of ether oxygens (including phenoxy) is 3. The molecule has 0 fully saturated rings. The third-order valence-corrected chi connectivity index (χ3v) is 6.18. The van der Waals surface area contributed by atoms with E-state index in [0.29, 0.717) is 28.1 Å². The predicted octanol–water partition coefficient (Wildman–Crippen LogP) is 6.36. The van der Waals surface area contributed by atoms with Gasteiger partial charge in [0.1, 0.15) is 12.4 Å². The first-order valence-electron chi connectivity index (χ1n) is 13.1. The van der Waals surface area contributed by atoms with E-state index in [1.54, 1.807) is 45.0 Å². The Kier molecular flexibility index (Phi) is 12.2. The van der Waals surface area contributed by atoms with Gasteiger partial charge in [0.25, 0.3) is 0 Å². The zero-order valence-electron chi connectivity index (χ0n) is 23.9. The van der Waals surface area contributed by atoms with Crippen LogP contribution in [0.15, 0.2) is 36.4 Å². The van der Waals surface area contributed by atoms with Crippen LogP contribution in [0, 0.1) is 20.8 Å². The van der Waals surface area contributed by atoms with Crippen LogP contribution in [0.1, 0.15) is 29.2 Å². The lowest BCUT2D eigenvalue weighted by atomic mass is 10.1. The van der Waals surface area contributed by atoms with E-state index in [0.717, 1.165) is 10.5 Å². The molecular formula is C28H33F7N2O6. The van der Waals surface area contributed by atoms with Gasteiger partial charge in [0.15, 0.2) is 6.10 Å². The maximum atomic E-state index is 13.6. The molecule has 0 heterocycles. The highest BCUT2D eigenvalue weighted by Gasteiger charge is 2.74. The van der Waals surface area contributed by atoms with Crippen molar-refractivity contribution in [3.63, 3.8) is 0 Å². The summed E-state index contributed by atoms with van der Waals surface area (Å²) in [6.07, 6.45) is -13.4.